The Hall–Kier alpha value is -0.740. The van der Waals surface area contributed by atoms with Crippen molar-refractivity contribution in [2.75, 3.05) is 36.5 Å². The van der Waals surface area contributed by atoms with E-state index in [1.165, 1.54) is 17.1 Å². The van der Waals surface area contributed by atoms with Gasteiger partial charge in [-0.2, -0.15) is 11.8 Å². The molecule has 0 spiro atoms. The number of hydrogen-bond donors (Lipinski definition) is 1. The first kappa shape index (κ1) is 11.7. The van der Waals surface area contributed by atoms with Gasteiger partial charge in [-0.05, 0) is 31.7 Å². The van der Waals surface area contributed by atoms with Gasteiger partial charge in [0.2, 0.25) is 0 Å². The minimum absolute atomic E-state index is 0.390. The Balaban J connectivity index is 2.14. The molecular formula is C12H19N3S. The molecule has 3 nitrogen and oxygen atoms in total. The molecule has 88 valence electrons. The van der Waals surface area contributed by atoms with Crippen LogP contribution in [0.5, 0.6) is 0 Å². The quantitative estimate of drug-likeness (QED) is 0.869. The number of nitrogens with zero attached hydrogens (tertiary/aromatic N) is 2. The minimum atomic E-state index is 0.390. The van der Waals surface area contributed by atoms with Crippen LogP contribution in [0.2, 0.25) is 0 Å². The van der Waals surface area contributed by atoms with Crippen LogP contribution in [0.1, 0.15) is 18.5 Å². The van der Waals surface area contributed by atoms with Gasteiger partial charge in [-0.15, -0.1) is 0 Å². The van der Waals surface area contributed by atoms with Crippen molar-refractivity contribution in [1.29, 1.82) is 0 Å². The van der Waals surface area contributed by atoms with E-state index in [2.05, 4.69) is 34.3 Å². The highest BCUT2D eigenvalue weighted by Crippen LogP contribution is 2.20. The fraction of sp³-hybridized carbons (Fsp3) is 0.583. The molecule has 1 saturated heterocycles. The van der Waals surface area contributed by atoms with Crippen LogP contribution < -0.4 is 10.2 Å². The van der Waals surface area contributed by atoms with E-state index in [-0.39, 0.29) is 0 Å². The fourth-order valence-electron chi connectivity index (χ4n) is 1.84. The van der Waals surface area contributed by atoms with Gasteiger partial charge >= 0.3 is 0 Å². The van der Waals surface area contributed by atoms with E-state index in [1.807, 2.05) is 25.0 Å². The molecule has 1 aromatic rings. The Kier molecular flexibility index (Phi) is 4.07. The second-order valence-electron chi connectivity index (χ2n) is 4.06. The van der Waals surface area contributed by atoms with Crippen LogP contribution in [0.3, 0.4) is 0 Å². The van der Waals surface area contributed by atoms with Crippen LogP contribution in [0.4, 0.5) is 5.82 Å². The Morgan fingerprint density at radius 2 is 2.19 bits per heavy atom. The molecule has 1 aliphatic heterocycles. The lowest BCUT2D eigenvalue weighted by Crippen LogP contribution is -2.33. The van der Waals surface area contributed by atoms with Gasteiger partial charge in [0, 0.05) is 36.8 Å². The molecule has 2 rings (SSSR count). The topological polar surface area (TPSA) is 28.2 Å². The predicted molar refractivity (Wildman–Crippen MR) is 71.2 cm³/mol. The fourth-order valence-corrected chi connectivity index (χ4v) is 2.74. The van der Waals surface area contributed by atoms with E-state index < -0.39 is 0 Å². The number of aromatic nitrogens is 1. The molecule has 0 amide bonds. The molecule has 1 aromatic heterocycles. The van der Waals surface area contributed by atoms with Crippen molar-refractivity contribution in [3.8, 4) is 0 Å². The molecule has 2 heterocycles. The number of nitrogens with one attached hydrogen (secondary N) is 1. The van der Waals surface area contributed by atoms with Crippen molar-refractivity contribution in [1.82, 2.24) is 10.3 Å². The molecule has 0 bridgehead atoms. The molecule has 0 aromatic carbocycles. The molecule has 0 aliphatic carbocycles. The minimum Gasteiger partial charge on any atom is -0.355 e. The molecule has 4 heteroatoms. The highest BCUT2D eigenvalue weighted by molar-refractivity contribution is 7.99. The number of anilines is 1. The first-order valence-corrected chi connectivity index (χ1v) is 6.92. The van der Waals surface area contributed by atoms with E-state index in [0.717, 1.165) is 18.9 Å². The van der Waals surface area contributed by atoms with Crippen molar-refractivity contribution < 1.29 is 0 Å². The van der Waals surface area contributed by atoms with Gasteiger partial charge in [-0.3, -0.25) is 0 Å². The van der Waals surface area contributed by atoms with Crippen LogP contribution in [-0.4, -0.2) is 36.6 Å². The average Bonchev–Trinajstić information content (AvgIpc) is 2.39. The standard InChI is InChI=1S/C12H19N3S/c1-10(13-2)11-3-4-14-12(9-11)15-5-7-16-8-6-15/h3-4,9-10,13H,5-8H2,1-2H3. The molecule has 16 heavy (non-hydrogen) atoms. The number of thioether (sulfide) groups is 1. The van der Waals surface area contributed by atoms with E-state index >= 15 is 0 Å². The summed E-state index contributed by atoms with van der Waals surface area (Å²) in [4.78, 5) is 6.85. The SMILES string of the molecule is CNC(C)c1ccnc(N2CCSCC2)c1. The highest BCUT2D eigenvalue weighted by Gasteiger charge is 2.13. The molecule has 1 N–H and O–H groups in total. The lowest BCUT2D eigenvalue weighted by Gasteiger charge is -2.28. The van der Waals surface area contributed by atoms with Crippen LogP contribution in [-0.2, 0) is 0 Å². The number of hydrogen-bond acceptors (Lipinski definition) is 4. The summed E-state index contributed by atoms with van der Waals surface area (Å²) in [5.41, 5.74) is 1.31. The Morgan fingerprint density at radius 1 is 1.44 bits per heavy atom. The number of rotatable bonds is 3. The van der Waals surface area contributed by atoms with Gasteiger partial charge in [0.1, 0.15) is 5.82 Å². The zero-order valence-corrected chi connectivity index (χ0v) is 10.8. The van der Waals surface area contributed by atoms with Gasteiger partial charge in [-0.1, -0.05) is 0 Å². The smallest absolute Gasteiger partial charge is 0.128 e. The summed E-state index contributed by atoms with van der Waals surface area (Å²) >= 11 is 2.03. The van der Waals surface area contributed by atoms with Crippen LogP contribution in [0, 0.1) is 0 Å². The van der Waals surface area contributed by atoms with Crippen molar-refractivity contribution in [3.63, 3.8) is 0 Å². The zero-order chi connectivity index (χ0) is 11.4. The molecule has 1 unspecified atom stereocenters. The van der Waals surface area contributed by atoms with E-state index in [0.29, 0.717) is 6.04 Å². The summed E-state index contributed by atoms with van der Waals surface area (Å²) in [5, 5.41) is 3.26. The number of pyridine rings is 1. The van der Waals surface area contributed by atoms with Gasteiger partial charge in [0.05, 0.1) is 0 Å². The third-order valence-electron chi connectivity index (χ3n) is 3.04. The molecule has 1 fully saturated rings. The molecule has 0 radical (unpaired) electrons. The summed E-state index contributed by atoms with van der Waals surface area (Å²) < 4.78 is 0. The zero-order valence-electron chi connectivity index (χ0n) is 9.94. The maximum Gasteiger partial charge on any atom is 0.128 e. The lowest BCUT2D eigenvalue weighted by atomic mass is 10.1. The first-order chi connectivity index (χ1) is 7.81. The monoisotopic (exact) mass is 237 g/mol. The first-order valence-electron chi connectivity index (χ1n) is 5.77. The molecule has 1 atom stereocenters. The second kappa shape index (κ2) is 5.55. The Bertz CT molecular complexity index is 337. The third-order valence-corrected chi connectivity index (χ3v) is 3.98. The van der Waals surface area contributed by atoms with Crippen molar-refractivity contribution in [2.45, 2.75) is 13.0 Å². The molecule has 1 aliphatic rings. The van der Waals surface area contributed by atoms with Crippen molar-refractivity contribution in [2.24, 2.45) is 0 Å². The molecular weight excluding hydrogens is 218 g/mol. The summed E-state index contributed by atoms with van der Waals surface area (Å²) in [6, 6.07) is 4.68. The summed E-state index contributed by atoms with van der Waals surface area (Å²) in [5.74, 6) is 3.56. The summed E-state index contributed by atoms with van der Waals surface area (Å²) in [6.07, 6.45) is 1.92. The van der Waals surface area contributed by atoms with E-state index in [4.69, 9.17) is 0 Å². The third kappa shape index (κ3) is 2.68. The maximum absolute atomic E-state index is 4.47. The summed E-state index contributed by atoms with van der Waals surface area (Å²) in [6.45, 7) is 4.41. The van der Waals surface area contributed by atoms with Gasteiger partial charge in [0.25, 0.3) is 0 Å². The second-order valence-corrected chi connectivity index (χ2v) is 5.28. The van der Waals surface area contributed by atoms with Crippen LogP contribution in [0.15, 0.2) is 18.3 Å². The van der Waals surface area contributed by atoms with E-state index in [9.17, 15) is 0 Å². The van der Waals surface area contributed by atoms with Crippen LogP contribution in [0.25, 0.3) is 0 Å². The van der Waals surface area contributed by atoms with Gasteiger partial charge in [-0.25, -0.2) is 4.98 Å². The lowest BCUT2D eigenvalue weighted by molar-refractivity contribution is 0.650. The Labute approximate surface area is 102 Å². The predicted octanol–water partition coefficient (Wildman–Crippen LogP) is 1.92. The van der Waals surface area contributed by atoms with Crippen molar-refractivity contribution >= 4 is 17.6 Å². The molecule has 0 saturated carbocycles. The normalized spacial score (nSPS) is 18.5. The summed E-state index contributed by atoms with van der Waals surface area (Å²) in [7, 11) is 1.99. The van der Waals surface area contributed by atoms with Crippen LogP contribution >= 0.6 is 11.8 Å². The van der Waals surface area contributed by atoms with E-state index in [1.54, 1.807) is 0 Å². The average molecular weight is 237 g/mol. The van der Waals surface area contributed by atoms with Gasteiger partial charge < -0.3 is 10.2 Å². The highest BCUT2D eigenvalue weighted by atomic mass is 32.2. The van der Waals surface area contributed by atoms with Gasteiger partial charge in [0.15, 0.2) is 0 Å². The van der Waals surface area contributed by atoms with Crippen molar-refractivity contribution in [3.05, 3.63) is 23.9 Å². The maximum atomic E-state index is 4.47. The Morgan fingerprint density at radius 3 is 2.88 bits per heavy atom. The largest absolute Gasteiger partial charge is 0.355 e.